The first-order valence-corrected chi connectivity index (χ1v) is 14.6. The number of hydrogen-bond donors (Lipinski definition) is 1. The van der Waals surface area contributed by atoms with Gasteiger partial charge in [0.2, 0.25) is 28.6 Å². The van der Waals surface area contributed by atoms with E-state index in [1.54, 1.807) is 19.1 Å². The molecule has 3 aromatic carbocycles. The summed E-state index contributed by atoms with van der Waals surface area (Å²) in [5, 5.41) is 2.77. The van der Waals surface area contributed by atoms with E-state index in [2.05, 4.69) is 5.32 Å². The number of anilines is 1. The van der Waals surface area contributed by atoms with E-state index < -0.39 is 40.2 Å². The SMILES string of the molecule is CCNC(=O)C(Cc1ccccc1)N(Cc1ccccc1F)C(=O)CN(c1ccc2c(c1)OCO2)S(=O)(=O)CC. The van der Waals surface area contributed by atoms with Crippen LogP contribution >= 0.6 is 0 Å². The van der Waals surface area contributed by atoms with Crippen molar-refractivity contribution < 1.29 is 31.9 Å². The molecule has 11 heteroatoms. The second-order valence-corrected chi connectivity index (χ2v) is 11.3. The Hall–Kier alpha value is -4.12. The largest absolute Gasteiger partial charge is 0.454 e. The average molecular weight is 570 g/mol. The first kappa shape index (κ1) is 28.9. The summed E-state index contributed by atoms with van der Waals surface area (Å²) in [6.07, 6.45) is 0.150. The Labute approximate surface area is 233 Å². The van der Waals surface area contributed by atoms with Gasteiger partial charge in [0.15, 0.2) is 11.5 Å². The maximum atomic E-state index is 14.8. The summed E-state index contributed by atoms with van der Waals surface area (Å²) >= 11 is 0. The molecule has 0 radical (unpaired) electrons. The number of sulfonamides is 1. The van der Waals surface area contributed by atoms with Crippen LogP contribution in [0.1, 0.15) is 25.0 Å². The molecular weight excluding hydrogens is 537 g/mol. The highest BCUT2D eigenvalue weighted by atomic mass is 32.2. The second kappa shape index (κ2) is 12.8. The number of likely N-dealkylation sites (N-methyl/N-ethyl adjacent to an activating group) is 1. The number of halogens is 1. The molecule has 4 rings (SSSR count). The van der Waals surface area contributed by atoms with Crippen molar-refractivity contribution in [2.45, 2.75) is 32.9 Å². The number of amides is 2. The van der Waals surface area contributed by atoms with Gasteiger partial charge in [0.25, 0.3) is 0 Å². The fraction of sp³-hybridized carbons (Fsp3) is 0.310. The summed E-state index contributed by atoms with van der Waals surface area (Å²) in [4.78, 5) is 28.6. The molecule has 0 saturated carbocycles. The smallest absolute Gasteiger partial charge is 0.244 e. The molecule has 1 atom stereocenters. The molecule has 1 aliphatic heterocycles. The molecule has 3 aromatic rings. The van der Waals surface area contributed by atoms with Crippen molar-refractivity contribution in [3.63, 3.8) is 0 Å². The summed E-state index contributed by atoms with van der Waals surface area (Å²) in [7, 11) is -3.94. The summed E-state index contributed by atoms with van der Waals surface area (Å²) in [6, 6.07) is 18.7. The molecule has 40 heavy (non-hydrogen) atoms. The fourth-order valence-electron chi connectivity index (χ4n) is 4.42. The zero-order chi connectivity index (χ0) is 28.7. The van der Waals surface area contributed by atoms with Crippen LogP contribution in [0, 0.1) is 5.82 Å². The Morgan fingerprint density at radius 3 is 2.38 bits per heavy atom. The molecule has 0 saturated heterocycles. The maximum Gasteiger partial charge on any atom is 0.244 e. The monoisotopic (exact) mass is 569 g/mol. The summed E-state index contributed by atoms with van der Waals surface area (Å²) in [5.41, 5.74) is 1.20. The van der Waals surface area contributed by atoms with Crippen LogP contribution in [0.25, 0.3) is 0 Å². The topological polar surface area (TPSA) is 105 Å². The molecule has 9 nitrogen and oxygen atoms in total. The predicted octanol–water partition coefficient (Wildman–Crippen LogP) is 3.49. The zero-order valence-electron chi connectivity index (χ0n) is 22.4. The zero-order valence-corrected chi connectivity index (χ0v) is 23.2. The van der Waals surface area contributed by atoms with Crippen molar-refractivity contribution >= 4 is 27.5 Å². The van der Waals surface area contributed by atoms with Crippen LogP contribution in [0.5, 0.6) is 11.5 Å². The van der Waals surface area contributed by atoms with Crippen molar-refractivity contribution in [2.24, 2.45) is 0 Å². The number of nitrogens with one attached hydrogen (secondary N) is 1. The maximum absolute atomic E-state index is 14.8. The molecule has 1 heterocycles. The molecule has 0 fully saturated rings. The lowest BCUT2D eigenvalue weighted by Crippen LogP contribution is -2.53. The van der Waals surface area contributed by atoms with Gasteiger partial charge in [-0.25, -0.2) is 12.8 Å². The van der Waals surface area contributed by atoms with E-state index in [1.165, 1.54) is 42.2 Å². The van der Waals surface area contributed by atoms with E-state index >= 15 is 0 Å². The van der Waals surface area contributed by atoms with Gasteiger partial charge in [-0.3, -0.25) is 13.9 Å². The molecule has 0 spiro atoms. The van der Waals surface area contributed by atoms with E-state index in [-0.39, 0.29) is 36.8 Å². The van der Waals surface area contributed by atoms with Gasteiger partial charge in [-0.05, 0) is 37.6 Å². The Kier molecular flexibility index (Phi) is 9.26. The van der Waals surface area contributed by atoms with Gasteiger partial charge in [-0.2, -0.15) is 0 Å². The number of ether oxygens (including phenoxy) is 2. The third kappa shape index (κ3) is 6.71. The lowest BCUT2D eigenvalue weighted by Gasteiger charge is -2.33. The van der Waals surface area contributed by atoms with E-state index in [9.17, 15) is 22.4 Å². The van der Waals surface area contributed by atoms with Crippen LogP contribution in [0.3, 0.4) is 0 Å². The molecule has 1 unspecified atom stereocenters. The minimum Gasteiger partial charge on any atom is -0.454 e. The molecular formula is C29H32FN3O6S. The van der Waals surface area contributed by atoms with Crippen LogP contribution in [-0.4, -0.2) is 56.8 Å². The second-order valence-electron chi connectivity index (χ2n) is 9.16. The first-order valence-electron chi connectivity index (χ1n) is 13.0. The number of carbonyl (C=O) groups excluding carboxylic acids is 2. The summed E-state index contributed by atoms with van der Waals surface area (Å²) in [5.74, 6) is -1.08. The van der Waals surface area contributed by atoms with Gasteiger partial charge in [-0.15, -0.1) is 0 Å². The summed E-state index contributed by atoms with van der Waals surface area (Å²) < 4.78 is 52.9. The number of carbonyl (C=O) groups is 2. The molecule has 212 valence electrons. The standard InChI is InChI=1S/C29H32FN3O6S/c1-3-31-29(35)25(16-21-10-6-5-7-11-21)32(18-22-12-8-9-13-24(22)30)28(34)19-33(40(36,37)4-2)23-14-15-26-27(17-23)39-20-38-26/h5-15,17,25H,3-4,16,18-20H2,1-2H3,(H,31,35). The number of hydrogen-bond acceptors (Lipinski definition) is 6. The molecule has 2 amide bonds. The Balaban J connectivity index is 1.74. The van der Waals surface area contributed by atoms with E-state index in [0.29, 0.717) is 18.0 Å². The van der Waals surface area contributed by atoms with Gasteiger partial charge >= 0.3 is 0 Å². The van der Waals surface area contributed by atoms with E-state index in [0.717, 1.165) is 9.87 Å². The Morgan fingerprint density at radius 2 is 1.68 bits per heavy atom. The van der Waals surface area contributed by atoms with E-state index in [4.69, 9.17) is 9.47 Å². The highest BCUT2D eigenvalue weighted by Gasteiger charge is 2.34. The molecule has 1 aliphatic rings. The van der Waals surface area contributed by atoms with Gasteiger partial charge in [0, 0.05) is 31.1 Å². The molecule has 0 aliphatic carbocycles. The van der Waals surface area contributed by atoms with Crippen molar-refractivity contribution in [1.82, 2.24) is 10.2 Å². The fourth-order valence-corrected chi connectivity index (χ4v) is 5.47. The van der Waals surface area contributed by atoms with Gasteiger partial charge in [0.05, 0.1) is 11.4 Å². The lowest BCUT2D eigenvalue weighted by molar-refractivity contribution is -0.140. The van der Waals surface area contributed by atoms with Crippen LogP contribution < -0.4 is 19.1 Å². The summed E-state index contributed by atoms with van der Waals surface area (Å²) in [6.45, 7) is 2.72. The molecule has 0 bridgehead atoms. The lowest BCUT2D eigenvalue weighted by atomic mass is 10.0. The van der Waals surface area contributed by atoms with Gasteiger partial charge in [-0.1, -0.05) is 48.5 Å². The van der Waals surface area contributed by atoms with Crippen LogP contribution in [0.15, 0.2) is 72.8 Å². The number of fused-ring (bicyclic) bond motifs is 1. The normalized spacial score (nSPS) is 13.0. The van der Waals surface area contributed by atoms with Crippen molar-refractivity contribution in [1.29, 1.82) is 0 Å². The number of benzene rings is 3. The van der Waals surface area contributed by atoms with Crippen molar-refractivity contribution in [2.75, 3.05) is 29.9 Å². The highest BCUT2D eigenvalue weighted by molar-refractivity contribution is 7.92. The van der Waals surface area contributed by atoms with Crippen LogP contribution in [-0.2, 0) is 32.6 Å². The van der Waals surface area contributed by atoms with E-state index in [1.807, 2.05) is 30.3 Å². The minimum absolute atomic E-state index is 0.00235. The third-order valence-corrected chi connectivity index (χ3v) is 8.29. The Bertz CT molecular complexity index is 1450. The van der Waals surface area contributed by atoms with Crippen LogP contribution in [0.2, 0.25) is 0 Å². The third-order valence-electron chi connectivity index (χ3n) is 6.54. The first-order chi connectivity index (χ1) is 19.2. The minimum atomic E-state index is -3.94. The quantitative estimate of drug-likeness (QED) is 0.358. The number of rotatable bonds is 12. The van der Waals surface area contributed by atoms with Crippen LogP contribution in [0.4, 0.5) is 10.1 Å². The molecule has 0 aromatic heterocycles. The number of nitrogens with zero attached hydrogens (tertiary/aromatic N) is 2. The average Bonchev–Trinajstić information content (AvgIpc) is 3.43. The van der Waals surface area contributed by atoms with Gasteiger partial charge in [0.1, 0.15) is 18.4 Å². The van der Waals surface area contributed by atoms with Crippen molar-refractivity contribution in [3.05, 3.63) is 89.7 Å². The van der Waals surface area contributed by atoms with Crippen molar-refractivity contribution in [3.8, 4) is 11.5 Å². The predicted molar refractivity (Wildman–Crippen MR) is 149 cm³/mol. The Morgan fingerprint density at radius 1 is 0.975 bits per heavy atom. The highest BCUT2D eigenvalue weighted by Crippen LogP contribution is 2.36. The molecule has 1 N–H and O–H groups in total. The van der Waals surface area contributed by atoms with Gasteiger partial charge < -0.3 is 19.7 Å².